The largest absolute Gasteiger partial charge is 0.444 e. The molecule has 0 aromatic heterocycles. The lowest BCUT2D eigenvalue weighted by Gasteiger charge is -2.28. The molecule has 0 aliphatic carbocycles. The summed E-state index contributed by atoms with van der Waals surface area (Å²) in [4.78, 5) is 58.3. The highest BCUT2D eigenvalue weighted by atomic mass is 16.6. The fourth-order valence-corrected chi connectivity index (χ4v) is 6.63. The zero-order valence-corrected chi connectivity index (χ0v) is 30.8. The van der Waals surface area contributed by atoms with Gasteiger partial charge in [0.2, 0.25) is 17.7 Å². The van der Waals surface area contributed by atoms with Gasteiger partial charge >= 0.3 is 6.09 Å². The highest BCUT2D eigenvalue weighted by molar-refractivity contribution is 5.90. The molecular formula is C40H50N6O6. The molecule has 2 aromatic carbocycles. The predicted octanol–water partition coefficient (Wildman–Crippen LogP) is 3.43. The molecule has 0 unspecified atom stereocenters. The number of amides is 4. The van der Waals surface area contributed by atoms with Crippen LogP contribution in [0.1, 0.15) is 69.7 Å². The van der Waals surface area contributed by atoms with Crippen molar-refractivity contribution in [3.63, 3.8) is 0 Å². The Labute approximate surface area is 306 Å². The Morgan fingerprint density at radius 2 is 1.46 bits per heavy atom. The number of morpholine rings is 1. The van der Waals surface area contributed by atoms with Crippen LogP contribution in [0.15, 0.2) is 48.5 Å². The molecule has 12 nitrogen and oxygen atoms in total. The molecule has 3 saturated heterocycles. The molecule has 276 valence electrons. The van der Waals surface area contributed by atoms with Gasteiger partial charge in [0.25, 0.3) is 0 Å². The van der Waals surface area contributed by atoms with Gasteiger partial charge in [-0.25, -0.2) is 4.79 Å². The minimum Gasteiger partial charge on any atom is -0.444 e. The smallest absolute Gasteiger partial charge is 0.411 e. The number of ether oxygens (including phenoxy) is 2. The third-order valence-electron chi connectivity index (χ3n) is 9.38. The molecule has 2 N–H and O–H groups in total. The van der Waals surface area contributed by atoms with Crippen LogP contribution in [0.5, 0.6) is 0 Å². The summed E-state index contributed by atoms with van der Waals surface area (Å²) in [6.07, 6.45) is -0.254. The molecule has 3 aliphatic rings. The van der Waals surface area contributed by atoms with Crippen molar-refractivity contribution < 1.29 is 28.7 Å². The zero-order chi connectivity index (χ0) is 37.4. The molecule has 5 rings (SSSR count). The maximum atomic E-state index is 13.5. The van der Waals surface area contributed by atoms with E-state index in [0.717, 1.165) is 49.5 Å². The number of hydrogen-bond acceptors (Lipinski definition) is 8. The summed E-state index contributed by atoms with van der Waals surface area (Å²) < 4.78 is 10.9. The Bertz CT molecular complexity index is 1700. The van der Waals surface area contributed by atoms with Gasteiger partial charge in [-0.2, -0.15) is 5.26 Å². The van der Waals surface area contributed by atoms with Crippen molar-refractivity contribution in [2.24, 2.45) is 11.8 Å². The second kappa shape index (κ2) is 17.1. The van der Waals surface area contributed by atoms with Crippen LogP contribution in [0.25, 0.3) is 0 Å². The number of nitriles is 1. The Balaban J connectivity index is 1.16. The number of rotatable bonds is 8. The van der Waals surface area contributed by atoms with Gasteiger partial charge in [0.1, 0.15) is 17.7 Å². The van der Waals surface area contributed by atoms with E-state index in [2.05, 4.69) is 45.6 Å². The third kappa shape index (κ3) is 10.3. The third-order valence-corrected chi connectivity index (χ3v) is 9.38. The second-order valence-corrected chi connectivity index (χ2v) is 15.1. The number of benzene rings is 2. The lowest BCUT2D eigenvalue weighted by molar-refractivity contribution is -0.140. The number of likely N-dealkylation sites (tertiary alicyclic amines) is 2. The molecule has 0 saturated carbocycles. The summed E-state index contributed by atoms with van der Waals surface area (Å²) in [7, 11) is 0. The molecule has 3 heterocycles. The van der Waals surface area contributed by atoms with E-state index in [0.29, 0.717) is 0 Å². The van der Waals surface area contributed by atoms with Crippen molar-refractivity contribution in [2.45, 2.75) is 84.3 Å². The first kappa shape index (κ1) is 38.3. The minimum absolute atomic E-state index is 0.0918. The normalized spacial score (nSPS) is 21.9. The van der Waals surface area contributed by atoms with Crippen LogP contribution in [-0.2, 0) is 36.9 Å². The van der Waals surface area contributed by atoms with E-state index in [1.807, 2.05) is 36.4 Å². The van der Waals surface area contributed by atoms with E-state index in [1.54, 1.807) is 34.6 Å². The SMILES string of the molecule is CC(C)C(=O)N1C[C@H](NC(=O)[C@@H]2C[C@@H](C#N)CN2C(=O)OC(C)(C)C)C[C@@H]1C(=O)NCc1ccc(C#Cc2ccc(CN3CCOCC3)cc2)cc1. The fourth-order valence-electron chi connectivity index (χ4n) is 6.63. The summed E-state index contributed by atoms with van der Waals surface area (Å²) in [5.41, 5.74) is 3.15. The Morgan fingerprint density at radius 1 is 0.865 bits per heavy atom. The Hall–Kier alpha value is -4.91. The first-order valence-corrected chi connectivity index (χ1v) is 18.1. The number of carbonyl (C=O) groups is 4. The molecule has 0 spiro atoms. The molecular weight excluding hydrogens is 660 g/mol. The van der Waals surface area contributed by atoms with Gasteiger partial charge in [-0.1, -0.05) is 50.0 Å². The minimum atomic E-state index is -0.889. The first-order valence-electron chi connectivity index (χ1n) is 18.1. The molecule has 4 atom stereocenters. The van der Waals surface area contributed by atoms with E-state index in [1.165, 1.54) is 15.4 Å². The van der Waals surface area contributed by atoms with Gasteiger partial charge in [0.15, 0.2) is 0 Å². The lowest BCUT2D eigenvalue weighted by Crippen LogP contribution is -2.50. The number of nitrogens with zero attached hydrogens (tertiary/aromatic N) is 4. The summed E-state index contributed by atoms with van der Waals surface area (Å²) >= 11 is 0. The van der Waals surface area contributed by atoms with Gasteiger partial charge in [0.05, 0.1) is 25.2 Å². The quantitative estimate of drug-likeness (QED) is 0.397. The molecule has 2 aromatic rings. The number of hydrogen-bond donors (Lipinski definition) is 2. The highest BCUT2D eigenvalue weighted by Crippen LogP contribution is 2.27. The standard InChI is InChI=1S/C40H50N6O6/c1-27(2)38(49)45-26-33(43-37(48)34-20-32(22-41)25-46(34)39(50)52-40(3,4)5)21-35(45)36(47)42-23-30-12-8-28(9-13-30)6-7-29-10-14-31(15-11-29)24-44-16-18-51-19-17-44/h8-15,27,32-35H,16-21,23-26H2,1-5H3,(H,42,47)(H,43,48)/t32-,33+,34-,35+/m0/s1. The Morgan fingerprint density at radius 3 is 2.04 bits per heavy atom. The Kier molecular flexibility index (Phi) is 12.6. The molecule has 3 fully saturated rings. The highest BCUT2D eigenvalue weighted by Gasteiger charge is 2.45. The van der Waals surface area contributed by atoms with Crippen molar-refractivity contribution in [1.29, 1.82) is 5.26 Å². The van der Waals surface area contributed by atoms with E-state index in [-0.39, 0.29) is 50.2 Å². The lowest BCUT2D eigenvalue weighted by atomic mass is 10.1. The maximum Gasteiger partial charge on any atom is 0.411 e. The van der Waals surface area contributed by atoms with Gasteiger partial charge in [-0.3, -0.25) is 24.2 Å². The van der Waals surface area contributed by atoms with Gasteiger partial charge < -0.3 is 25.0 Å². The molecule has 52 heavy (non-hydrogen) atoms. The van der Waals surface area contributed by atoms with E-state index in [9.17, 15) is 24.4 Å². The van der Waals surface area contributed by atoms with E-state index >= 15 is 0 Å². The molecule has 0 radical (unpaired) electrons. The molecule has 0 bridgehead atoms. The average Bonchev–Trinajstić information content (AvgIpc) is 3.75. The number of nitrogens with one attached hydrogen (secondary N) is 2. The van der Waals surface area contributed by atoms with Crippen LogP contribution in [0.3, 0.4) is 0 Å². The summed E-state index contributed by atoms with van der Waals surface area (Å²) in [6, 6.07) is 15.9. The number of carbonyl (C=O) groups excluding carboxylic acids is 4. The van der Waals surface area contributed by atoms with Crippen molar-refractivity contribution in [3.8, 4) is 17.9 Å². The average molecular weight is 711 g/mol. The molecule has 12 heteroatoms. The van der Waals surface area contributed by atoms with Crippen LogP contribution >= 0.6 is 0 Å². The predicted molar refractivity (Wildman–Crippen MR) is 194 cm³/mol. The molecule has 4 amide bonds. The maximum absolute atomic E-state index is 13.5. The van der Waals surface area contributed by atoms with Gasteiger partial charge in [0, 0.05) is 62.4 Å². The van der Waals surface area contributed by atoms with Crippen LogP contribution in [-0.4, -0.2) is 102 Å². The summed E-state index contributed by atoms with van der Waals surface area (Å²) in [6.45, 7) is 13.6. The van der Waals surface area contributed by atoms with Gasteiger partial charge in [-0.05, 0) is 69.0 Å². The fraction of sp³-hybridized carbons (Fsp3) is 0.525. The zero-order valence-electron chi connectivity index (χ0n) is 30.8. The first-order chi connectivity index (χ1) is 24.8. The van der Waals surface area contributed by atoms with Crippen LogP contribution in [0.2, 0.25) is 0 Å². The summed E-state index contributed by atoms with van der Waals surface area (Å²) in [5, 5.41) is 15.4. The summed E-state index contributed by atoms with van der Waals surface area (Å²) in [5.74, 6) is 4.64. The van der Waals surface area contributed by atoms with Crippen LogP contribution in [0.4, 0.5) is 4.79 Å². The van der Waals surface area contributed by atoms with Crippen LogP contribution in [0, 0.1) is 35.0 Å². The topological polar surface area (TPSA) is 144 Å². The van der Waals surface area contributed by atoms with Crippen molar-refractivity contribution in [1.82, 2.24) is 25.3 Å². The molecule has 3 aliphatic heterocycles. The van der Waals surface area contributed by atoms with Crippen molar-refractivity contribution >= 4 is 23.8 Å². The van der Waals surface area contributed by atoms with E-state index < -0.39 is 41.6 Å². The monoisotopic (exact) mass is 710 g/mol. The van der Waals surface area contributed by atoms with Gasteiger partial charge in [-0.15, -0.1) is 0 Å². The van der Waals surface area contributed by atoms with Crippen LogP contribution < -0.4 is 10.6 Å². The van der Waals surface area contributed by atoms with Crippen molar-refractivity contribution in [3.05, 3.63) is 70.8 Å². The second-order valence-electron chi connectivity index (χ2n) is 15.1. The van der Waals surface area contributed by atoms with E-state index in [4.69, 9.17) is 9.47 Å². The van der Waals surface area contributed by atoms with Crippen molar-refractivity contribution in [2.75, 3.05) is 39.4 Å².